The molecule has 3 rings (SSSR count). The first kappa shape index (κ1) is 17.9. The molecule has 26 heavy (non-hydrogen) atoms. The van der Waals surface area contributed by atoms with Gasteiger partial charge in [-0.15, -0.1) is 0 Å². The highest BCUT2D eigenvalue weighted by molar-refractivity contribution is 9.10. The Morgan fingerprint density at radius 1 is 1.00 bits per heavy atom. The summed E-state index contributed by atoms with van der Waals surface area (Å²) in [5, 5.41) is 2.88. The highest BCUT2D eigenvalue weighted by Crippen LogP contribution is 2.16. The number of nitrogens with one attached hydrogen (secondary N) is 1. The largest absolute Gasteiger partial charge is 0.347 e. The number of nitrogens with zero attached hydrogens (tertiary/aromatic N) is 1. The Morgan fingerprint density at radius 2 is 1.77 bits per heavy atom. The molecule has 4 nitrogen and oxygen atoms in total. The molecule has 0 bridgehead atoms. The molecular weight excluding hydrogens is 392 g/mol. The van der Waals surface area contributed by atoms with Gasteiger partial charge in [-0.05, 0) is 35.4 Å². The van der Waals surface area contributed by atoms with Crippen LogP contribution >= 0.6 is 15.9 Å². The summed E-state index contributed by atoms with van der Waals surface area (Å²) in [6.45, 7) is 0.386. The molecule has 3 aromatic rings. The summed E-state index contributed by atoms with van der Waals surface area (Å²) in [6.07, 6.45) is 3.29. The third-order valence-corrected chi connectivity index (χ3v) is 4.26. The van der Waals surface area contributed by atoms with E-state index in [1.165, 1.54) is 10.6 Å². The van der Waals surface area contributed by atoms with E-state index < -0.39 is 0 Å². The van der Waals surface area contributed by atoms with Gasteiger partial charge in [-0.3, -0.25) is 14.2 Å². The van der Waals surface area contributed by atoms with Crippen molar-refractivity contribution in [2.24, 2.45) is 0 Å². The van der Waals surface area contributed by atoms with Gasteiger partial charge in [0.2, 0.25) is 0 Å². The molecule has 0 atom stereocenters. The molecule has 0 fully saturated rings. The zero-order chi connectivity index (χ0) is 18.4. The monoisotopic (exact) mass is 408 g/mol. The van der Waals surface area contributed by atoms with E-state index >= 15 is 0 Å². The van der Waals surface area contributed by atoms with Crippen LogP contribution in [0.25, 0.3) is 11.8 Å². The van der Waals surface area contributed by atoms with Crippen LogP contribution in [0.4, 0.5) is 0 Å². The lowest BCUT2D eigenvalue weighted by Crippen LogP contribution is -2.30. The second-order valence-corrected chi connectivity index (χ2v) is 6.58. The van der Waals surface area contributed by atoms with Crippen LogP contribution < -0.4 is 10.9 Å². The van der Waals surface area contributed by atoms with Gasteiger partial charge in [-0.1, -0.05) is 64.5 Å². The molecule has 0 radical (unpaired) electrons. The first-order valence-electron chi connectivity index (χ1n) is 8.11. The van der Waals surface area contributed by atoms with Crippen molar-refractivity contribution < 1.29 is 4.79 Å². The van der Waals surface area contributed by atoms with E-state index in [-0.39, 0.29) is 17.2 Å². The number of aromatic nitrogens is 1. The van der Waals surface area contributed by atoms with Crippen molar-refractivity contribution in [2.75, 3.05) is 0 Å². The maximum Gasteiger partial charge on any atom is 0.268 e. The Bertz CT molecular complexity index is 994. The van der Waals surface area contributed by atoms with Crippen LogP contribution in [-0.2, 0) is 11.3 Å². The predicted octanol–water partition coefficient (Wildman–Crippen LogP) is 3.93. The first-order chi connectivity index (χ1) is 12.6. The summed E-state index contributed by atoms with van der Waals surface area (Å²) in [7, 11) is 0. The van der Waals surface area contributed by atoms with Crippen molar-refractivity contribution >= 4 is 33.6 Å². The van der Waals surface area contributed by atoms with Gasteiger partial charge in [0.15, 0.2) is 0 Å². The molecule has 0 saturated heterocycles. The van der Waals surface area contributed by atoms with Gasteiger partial charge in [0.1, 0.15) is 5.70 Å². The molecule has 5 heteroatoms. The zero-order valence-corrected chi connectivity index (χ0v) is 15.5. The summed E-state index contributed by atoms with van der Waals surface area (Å²) in [6, 6.07) is 22.0. The maximum absolute atomic E-state index is 12.8. The van der Waals surface area contributed by atoms with E-state index in [4.69, 9.17) is 0 Å². The van der Waals surface area contributed by atoms with E-state index in [0.29, 0.717) is 6.54 Å². The van der Waals surface area contributed by atoms with Gasteiger partial charge >= 0.3 is 0 Å². The summed E-state index contributed by atoms with van der Waals surface area (Å²) in [4.78, 5) is 25.0. The van der Waals surface area contributed by atoms with E-state index in [9.17, 15) is 9.59 Å². The number of amides is 1. The summed E-state index contributed by atoms with van der Waals surface area (Å²) >= 11 is 3.42. The average Bonchev–Trinajstić information content (AvgIpc) is 2.66. The Hall–Kier alpha value is -2.92. The standard InChI is InChI=1S/C21H17BrN2O2/c22-18-10-6-9-17(13-18)14-19(24-12-5-4-11-20(24)25)21(26)23-15-16-7-2-1-3-8-16/h1-14H,15H2,(H,23,26). The molecule has 1 N–H and O–H groups in total. The van der Waals surface area contributed by atoms with Crippen LogP contribution in [0.5, 0.6) is 0 Å². The number of pyridine rings is 1. The minimum Gasteiger partial charge on any atom is -0.347 e. The van der Waals surface area contributed by atoms with Crippen LogP contribution in [0.2, 0.25) is 0 Å². The Kier molecular flexibility index (Phi) is 5.81. The predicted molar refractivity (Wildman–Crippen MR) is 107 cm³/mol. The van der Waals surface area contributed by atoms with Crippen LogP contribution in [0.15, 0.2) is 88.3 Å². The fraction of sp³-hybridized carbons (Fsp3) is 0.0476. The minimum absolute atomic E-state index is 0.261. The number of rotatable bonds is 5. The molecular formula is C21H17BrN2O2. The topological polar surface area (TPSA) is 51.1 Å². The maximum atomic E-state index is 12.8. The third kappa shape index (κ3) is 4.58. The molecule has 0 aliphatic carbocycles. The van der Waals surface area contributed by atoms with E-state index in [1.54, 1.807) is 24.4 Å². The number of benzene rings is 2. The second kappa shape index (κ2) is 8.45. The van der Waals surface area contributed by atoms with Crippen LogP contribution in [-0.4, -0.2) is 10.5 Å². The molecule has 130 valence electrons. The molecule has 0 aliphatic rings. The molecule has 0 aliphatic heterocycles. The highest BCUT2D eigenvalue weighted by Gasteiger charge is 2.13. The Balaban J connectivity index is 1.94. The second-order valence-electron chi connectivity index (χ2n) is 5.66. The number of halogens is 1. The fourth-order valence-electron chi connectivity index (χ4n) is 2.49. The molecule has 2 aromatic carbocycles. The summed E-state index contributed by atoms with van der Waals surface area (Å²) < 4.78 is 2.25. The molecule has 1 aromatic heterocycles. The number of carbonyl (C=O) groups is 1. The molecule has 0 spiro atoms. The number of hydrogen-bond donors (Lipinski definition) is 1. The molecule has 0 saturated carbocycles. The van der Waals surface area contributed by atoms with Gasteiger partial charge in [0.25, 0.3) is 11.5 Å². The normalized spacial score (nSPS) is 11.2. The molecule has 1 amide bonds. The zero-order valence-electron chi connectivity index (χ0n) is 13.9. The van der Waals surface area contributed by atoms with Gasteiger partial charge in [-0.25, -0.2) is 0 Å². The quantitative estimate of drug-likeness (QED) is 0.650. The van der Waals surface area contributed by atoms with E-state index in [2.05, 4.69) is 21.2 Å². The average molecular weight is 409 g/mol. The van der Waals surface area contributed by atoms with Gasteiger partial charge in [-0.2, -0.15) is 0 Å². The summed E-state index contributed by atoms with van der Waals surface area (Å²) in [5.74, 6) is -0.317. The lowest BCUT2D eigenvalue weighted by molar-refractivity contribution is -0.116. The van der Waals surface area contributed by atoms with Crippen molar-refractivity contribution in [1.29, 1.82) is 0 Å². The SMILES string of the molecule is O=C(NCc1ccccc1)C(=Cc1cccc(Br)c1)n1ccccc1=O. The van der Waals surface area contributed by atoms with Gasteiger partial charge in [0.05, 0.1) is 0 Å². The summed E-state index contributed by atoms with van der Waals surface area (Å²) in [5.41, 5.74) is 1.82. The number of carbonyl (C=O) groups excluding carboxylic acids is 1. The smallest absolute Gasteiger partial charge is 0.268 e. The number of hydrogen-bond acceptors (Lipinski definition) is 2. The fourth-order valence-corrected chi connectivity index (χ4v) is 2.91. The van der Waals surface area contributed by atoms with E-state index in [0.717, 1.165) is 15.6 Å². The van der Waals surface area contributed by atoms with Crippen LogP contribution in [0.3, 0.4) is 0 Å². The lowest BCUT2D eigenvalue weighted by atomic mass is 10.1. The third-order valence-electron chi connectivity index (χ3n) is 3.76. The first-order valence-corrected chi connectivity index (χ1v) is 8.90. The van der Waals surface area contributed by atoms with Crippen molar-refractivity contribution in [3.8, 4) is 0 Å². The molecule has 0 unspecified atom stereocenters. The minimum atomic E-state index is -0.317. The van der Waals surface area contributed by atoms with Crippen molar-refractivity contribution in [2.45, 2.75) is 6.54 Å². The lowest BCUT2D eigenvalue weighted by Gasteiger charge is -2.12. The highest BCUT2D eigenvalue weighted by atomic mass is 79.9. The van der Waals surface area contributed by atoms with Crippen LogP contribution in [0.1, 0.15) is 11.1 Å². The van der Waals surface area contributed by atoms with E-state index in [1.807, 2.05) is 54.6 Å². The Morgan fingerprint density at radius 3 is 2.50 bits per heavy atom. The van der Waals surface area contributed by atoms with Crippen molar-refractivity contribution in [1.82, 2.24) is 9.88 Å². The Labute approximate surface area is 159 Å². The van der Waals surface area contributed by atoms with Crippen LogP contribution in [0, 0.1) is 0 Å². The van der Waals surface area contributed by atoms with Crippen molar-refractivity contribution in [3.63, 3.8) is 0 Å². The van der Waals surface area contributed by atoms with Gasteiger partial charge < -0.3 is 5.32 Å². The van der Waals surface area contributed by atoms with Gasteiger partial charge in [0, 0.05) is 23.3 Å². The van der Waals surface area contributed by atoms with Crippen molar-refractivity contribution in [3.05, 3.63) is 105 Å². The molecule has 1 heterocycles.